The molecule has 206 valence electrons. The maximum absolute atomic E-state index is 14.2. The predicted octanol–water partition coefficient (Wildman–Crippen LogP) is 5.82. The van der Waals surface area contributed by atoms with Crippen molar-refractivity contribution in [3.05, 3.63) is 81.4 Å². The lowest BCUT2D eigenvalue weighted by atomic mass is 9.70. The zero-order valence-corrected chi connectivity index (χ0v) is 22.8. The van der Waals surface area contributed by atoms with Gasteiger partial charge in [-0.1, -0.05) is 59.7 Å². The van der Waals surface area contributed by atoms with Gasteiger partial charge in [0.1, 0.15) is 22.8 Å². The average molecular weight is 545 g/mol. The minimum atomic E-state index is -1.94. The van der Waals surface area contributed by atoms with Crippen LogP contribution in [-0.4, -0.2) is 38.8 Å². The van der Waals surface area contributed by atoms with Crippen molar-refractivity contribution in [1.29, 1.82) is 0 Å². The molecule has 2 aliphatic rings. The van der Waals surface area contributed by atoms with Crippen molar-refractivity contribution in [2.45, 2.75) is 47.1 Å². The summed E-state index contributed by atoms with van der Waals surface area (Å²) in [5.74, 6) is -5.00. The summed E-state index contributed by atoms with van der Waals surface area (Å²) in [7, 11) is 0. The average Bonchev–Trinajstić information content (AvgIpc) is 3.13. The van der Waals surface area contributed by atoms with E-state index in [1.165, 1.54) is 12.1 Å². The van der Waals surface area contributed by atoms with Crippen LogP contribution < -0.4 is 4.74 Å². The van der Waals surface area contributed by atoms with E-state index < -0.39 is 57.0 Å². The Kier molecular flexibility index (Phi) is 5.67. The SMILES string of the molecule is CC(C)(C)C(=O)c1c(O)cc2c(c1C(=O)C(C)(C)C)C1(OC(=O)c3ccccc31)c1ccc(O)c(C(=O)O)c1O2. The smallest absolute Gasteiger partial charge is 0.343 e. The predicted molar refractivity (Wildman–Crippen MR) is 143 cm³/mol. The number of ketones is 2. The quantitative estimate of drug-likeness (QED) is 0.274. The molecule has 1 atom stereocenters. The molecule has 0 saturated carbocycles. The third-order valence-electron chi connectivity index (χ3n) is 7.15. The number of carbonyl (C=O) groups is 4. The van der Waals surface area contributed by atoms with Gasteiger partial charge in [-0.05, 0) is 18.2 Å². The minimum absolute atomic E-state index is 0.00865. The van der Waals surface area contributed by atoms with Crippen LogP contribution in [0.4, 0.5) is 0 Å². The van der Waals surface area contributed by atoms with E-state index >= 15 is 0 Å². The molecule has 0 saturated heterocycles. The molecular formula is C31H28O9. The highest BCUT2D eigenvalue weighted by atomic mass is 16.6. The highest BCUT2D eigenvalue weighted by molar-refractivity contribution is 6.15. The molecule has 5 rings (SSSR count). The highest BCUT2D eigenvalue weighted by Gasteiger charge is 2.57. The molecule has 0 bridgehead atoms. The summed E-state index contributed by atoms with van der Waals surface area (Å²) in [6.45, 7) is 9.89. The first-order valence-electron chi connectivity index (χ1n) is 12.6. The van der Waals surface area contributed by atoms with Crippen molar-refractivity contribution >= 4 is 23.5 Å². The molecule has 3 aromatic rings. The summed E-state index contributed by atoms with van der Waals surface area (Å²) in [6.07, 6.45) is 0. The lowest BCUT2D eigenvalue weighted by molar-refractivity contribution is 0.0218. The van der Waals surface area contributed by atoms with Crippen molar-refractivity contribution in [2.24, 2.45) is 10.8 Å². The summed E-state index contributed by atoms with van der Waals surface area (Å²) in [4.78, 5) is 53.6. The molecule has 3 N–H and O–H groups in total. The van der Waals surface area contributed by atoms with Crippen molar-refractivity contribution < 1.29 is 44.0 Å². The molecule has 0 fully saturated rings. The highest BCUT2D eigenvalue weighted by Crippen LogP contribution is 2.60. The van der Waals surface area contributed by atoms with Gasteiger partial charge >= 0.3 is 11.9 Å². The van der Waals surface area contributed by atoms with Gasteiger partial charge < -0.3 is 24.8 Å². The Labute approximate surface area is 230 Å². The lowest BCUT2D eigenvalue weighted by Crippen LogP contribution is -2.38. The van der Waals surface area contributed by atoms with Gasteiger partial charge in [0.05, 0.1) is 16.7 Å². The molecule has 0 radical (unpaired) electrons. The molecule has 2 heterocycles. The standard InChI is InChI=1S/C31H28O9/c1-29(2,3)25(34)20-18(33)13-19-23(22(20)26(35)30(4,5)6)31(15-10-8-7-9-14(15)28(38)40-31)16-11-12-17(32)21(27(36)37)24(16)39-19/h7-13,32-33H,1-6H3,(H,36,37). The Morgan fingerprint density at radius 1 is 0.775 bits per heavy atom. The number of benzene rings is 3. The summed E-state index contributed by atoms with van der Waals surface area (Å²) < 4.78 is 12.1. The second-order valence-corrected chi connectivity index (χ2v) is 12.0. The van der Waals surface area contributed by atoms with Crippen LogP contribution in [0.25, 0.3) is 0 Å². The van der Waals surface area contributed by atoms with Gasteiger partial charge in [-0.3, -0.25) is 9.59 Å². The van der Waals surface area contributed by atoms with Gasteiger partial charge in [0.15, 0.2) is 22.9 Å². The molecule has 9 nitrogen and oxygen atoms in total. The topological polar surface area (TPSA) is 147 Å². The van der Waals surface area contributed by atoms with Crippen LogP contribution in [0.1, 0.15) is 99.7 Å². The number of phenolic OH excluding ortho intramolecular Hbond substituents is 1. The first-order valence-corrected chi connectivity index (χ1v) is 12.6. The van der Waals surface area contributed by atoms with Crippen LogP contribution in [0.15, 0.2) is 42.5 Å². The Balaban J connectivity index is 2.05. The Bertz CT molecular complexity index is 1670. The Morgan fingerprint density at radius 3 is 1.98 bits per heavy atom. The number of aromatic carboxylic acids is 1. The van der Waals surface area contributed by atoms with Crippen LogP contribution in [0, 0.1) is 10.8 Å². The zero-order chi connectivity index (χ0) is 29.5. The Hall–Kier alpha value is -4.66. The van der Waals surface area contributed by atoms with E-state index in [1.54, 1.807) is 59.7 Å². The van der Waals surface area contributed by atoms with Crippen LogP contribution in [0.5, 0.6) is 23.0 Å². The van der Waals surface area contributed by atoms with E-state index in [-0.39, 0.29) is 44.9 Å². The number of phenols is 2. The van der Waals surface area contributed by atoms with Crippen LogP contribution in [0.2, 0.25) is 0 Å². The lowest BCUT2D eigenvalue weighted by Gasteiger charge is -2.39. The number of hydrogen-bond donors (Lipinski definition) is 3. The van der Waals surface area contributed by atoms with Crippen LogP contribution >= 0.6 is 0 Å². The molecular weight excluding hydrogens is 516 g/mol. The normalized spacial score (nSPS) is 17.4. The number of carbonyl (C=O) groups excluding carboxylic acids is 3. The van der Waals surface area contributed by atoms with E-state index in [1.807, 2.05) is 0 Å². The fraction of sp³-hybridized carbons (Fsp3) is 0.290. The van der Waals surface area contributed by atoms with E-state index in [2.05, 4.69) is 0 Å². The van der Waals surface area contributed by atoms with Gasteiger partial charge in [-0.15, -0.1) is 0 Å². The fourth-order valence-electron chi connectivity index (χ4n) is 5.29. The number of esters is 1. The number of rotatable bonds is 3. The number of carboxylic acid groups (broad SMARTS) is 1. The maximum atomic E-state index is 14.2. The van der Waals surface area contributed by atoms with Crippen LogP contribution in [0.3, 0.4) is 0 Å². The Morgan fingerprint density at radius 2 is 1.38 bits per heavy atom. The minimum Gasteiger partial charge on any atom is -0.507 e. The van der Waals surface area contributed by atoms with Gasteiger partial charge in [-0.25, -0.2) is 9.59 Å². The van der Waals surface area contributed by atoms with E-state index in [9.17, 15) is 34.5 Å². The number of hydrogen-bond acceptors (Lipinski definition) is 8. The molecule has 2 aliphatic heterocycles. The van der Waals surface area contributed by atoms with Crippen LogP contribution in [-0.2, 0) is 10.3 Å². The van der Waals surface area contributed by atoms with Crippen molar-refractivity contribution in [2.75, 3.05) is 0 Å². The molecule has 40 heavy (non-hydrogen) atoms. The van der Waals surface area contributed by atoms with E-state index in [0.29, 0.717) is 0 Å². The van der Waals surface area contributed by atoms with Gasteiger partial charge in [-0.2, -0.15) is 0 Å². The number of aromatic hydroxyl groups is 2. The summed E-state index contributed by atoms with van der Waals surface area (Å²) in [5.41, 5.74) is -4.59. The van der Waals surface area contributed by atoms with Gasteiger partial charge in [0.2, 0.25) is 0 Å². The molecule has 0 aromatic heterocycles. The van der Waals surface area contributed by atoms with Gasteiger partial charge in [0, 0.05) is 33.6 Å². The first kappa shape index (κ1) is 26.9. The summed E-state index contributed by atoms with van der Waals surface area (Å²) in [5, 5.41) is 31.6. The van der Waals surface area contributed by atoms with Crippen molar-refractivity contribution in [1.82, 2.24) is 0 Å². The number of fused-ring (bicyclic) bond motifs is 6. The van der Waals surface area contributed by atoms with E-state index in [4.69, 9.17) is 9.47 Å². The molecule has 0 aliphatic carbocycles. The summed E-state index contributed by atoms with van der Waals surface area (Å²) >= 11 is 0. The molecule has 1 spiro atoms. The van der Waals surface area contributed by atoms with Crippen molar-refractivity contribution in [3.63, 3.8) is 0 Å². The zero-order valence-electron chi connectivity index (χ0n) is 22.8. The third kappa shape index (κ3) is 3.61. The second-order valence-electron chi connectivity index (χ2n) is 12.0. The number of Topliss-reactive ketones (excluding diaryl/α,β-unsaturated/α-hetero) is 2. The molecule has 1 unspecified atom stereocenters. The number of carboxylic acids is 1. The monoisotopic (exact) mass is 544 g/mol. The maximum Gasteiger partial charge on any atom is 0.343 e. The molecule has 0 amide bonds. The third-order valence-corrected chi connectivity index (χ3v) is 7.15. The van der Waals surface area contributed by atoms with E-state index in [0.717, 1.165) is 12.1 Å². The second kappa shape index (κ2) is 8.42. The fourth-order valence-corrected chi connectivity index (χ4v) is 5.29. The van der Waals surface area contributed by atoms with Gasteiger partial charge in [0.25, 0.3) is 0 Å². The first-order chi connectivity index (χ1) is 18.5. The summed E-state index contributed by atoms with van der Waals surface area (Å²) in [6, 6.07) is 10.0. The number of ether oxygens (including phenoxy) is 2. The largest absolute Gasteiger partial charge is 0.507 e. The molecule has 3 aromatic carbocycles. The molecule has 9 heteroatoms. The van der Waals surface area contributed by atoms with Crippen molar-refractivity contribution in [3.8, 4) is 23.0 Å².